The fraction of sp³-hybridized carbons (Fsp3) is 0.615. The van der Waals surface area contributed by atoms with Crippen LogP contribution in [-0.4, -0.2) is 5.78 Å². The van der Waals surface area contributed by atoms with Crippen molar-refractivity contribution in [2.24, 2.45) is 5.92 Å². The summed E-state index contributed by atoms with van der Waals surface area (Å²) in [5.74, 6) is 0.697. The third kappa shape index (κ3) is 2.69. The molecule has 2 heteroatoms. The third-order valence-electron chi connectivity index (χ3n) is 3.24. The van der Waals surface area contributed by atoms with E-state index in [9.17, 15) is 4.79 Å². The van der Waals surface area contributed by atoms with Crippen molar-refractivity contribution in [1.82, 2.24) is 0 Å². The van der Waals surface area contributed by atoms with Gasteiger partial charge in [0.25, 0.3) is 0 Å². The van der Waals surface area contributed by atoms with E-state index in [1.807, 2.05) is 11.4 Å². The maximum absolute atomic E-state index is 12.2. The number of rotatable bonds is 2. The minimum absolute atomic E-state index is 0.307. The predicted molar refractivity (Wildman–Crippen MR) is 64.6 cm³/mol. The Morgan fingerprint density at radius 3 is 2.47 bits per heavy atom. The summed E-state index contributed by atoms with van der Waals surface area (Å²) in [6.45, 7) is 2.06. The molecule has 0 amide bonds. The van der Waals surface area contributed by atoms with Crippen LogP contribution in [0, 0.1) is 12.8 Å². The first kappa shape index (κ1) is 10.9. The van der Waals surface area contributed by atoms with E-state index in [0.717, 1.165) is 18.4 Å². The molecule has 1 saturated carbocycles. The molecule has 0 radical (unpaired) electrons. The average Bonchev–Trinajstić information content (AvgIpc) is 2.53. The molecule has 0 bridgehead atoms. The maximum atomic E-state index is 12.2. The fourth-order valence-electron chi connectivity index (χ4n) is 2.35. The van der Waals surface area contributed by atoms with Gasteiger partial charge in [-0.05, 0) is 25.8 Å². The minimum atomic E-state index is 0.307. The number of carbonyl (C=O) groups excluding carboxylic acids is 1. The van der Waals surface area contributed by atoms with Crippen molar-refractivity contribution in [2.45, 2.75) is 45.4 Å². The van der Waals surface area contributed by atoms with Gasteiger partial charge in [-0.2, -0.15) is 0 Å². The minimum Gasteiger partial charge on any atom is -0.294 e. The zero-order valence-corrected chi connectivity index (χ0v) is 10.1. The molecule has 1 aliphatic carbocycles. The Morgan fingerprint density at radius 2 is 1.93 bits per heavy atom. The van der Waals surface area contributed by atoms with E-state index in [2.05, 4.69) is 6.92 Å². The van der Waals surface area contributed by atoms with Crippen molar-refractivity contribution in [3.05, 3.63) is 21.9 Å². The van der Waals surface area contributed by atoms with Gasteiger partial charge in [0.05, 0.1) is 0 Å². The largest absolute Gasteiger partial charge is 0.294 e. The summed E-state index contributed by atoms with van der Waals surface area (Å²) in [5, 5.41) is 2.02. The second-order valence-electron chi connectivity index (χ2n) is 4.50. The van der Waals surface area contributed by atoms with Gasteiger partial charge in [-0.1, -0.05) is 25.7 Å². The first-order valence-electron chi connectivity index (χ1n) is 5.87. The van der Waals surface area contributed by atoms with Crippen LogP contribution in [0.5, 0.6) is 0 Å². The topological polar surface area (TPSA) is 17.1 Å². The number of aryl methyl sites for hydroxylation is 1. The van der Waals surface area contributed by atoms with Crippen molar-refractivity contribution < 1.29 is 4.79 Å². The van der Waals surface area contributed by atoms with Gasteiger partial charge in [0.2, 0.25) is 0 Å². The zero-order chi connectivity index (χ0) is 10.7. The summed E-state index contributed by atoms with van der Waals surface area (Å²) in [5.41, 5.74) is 0.949. The van der Waals surface area contributed by atoms with Crippen LogP contribution in [0.4, 0.5) is 0 Å². The molecule has 15 heavy (non-hydrogen) atoms. The molecular weight excluding hydrogens is 204 g/mol. The van der Waals surface area contributed by atoms with Gasteiger partial charge >= 0.3 is 0 Å². The molecule has 0 atom stereocenters. The lowest BCUT2D eigenvalue weighted by Crippen LogP contribution is -2.13. The van der Waals surface area contributed by atoms with Gasteiger partial charge in [-0.3, -0.25) is 4.79 Å². The summed E-state index contributed by atoms with van der Waals surface area (Å²) < 4.78 is 0. The highest BCUT2D eigenvalue weighted by atomic mass is 32.1. The number of ketones is 1. The second-order valence-corrected chi connectivity index (χ2v) is 5.61. The van der Waals surface area contributed by atoms with Crippen molar-refractivity contribution >= 4 is 17.1 Å². The monoisotopic (exact) mass is 222 g/mol. The lowest BCUT2D eigenvalue weighted by molar-refractivity contribution is 0.0908. The van der Waals surface area contributed by atoms with Crippen LogP contribution in [0.25, 0.3) is 0 Å². The molecule has 1 aromatic heterocycles. The molecule has 0 unspecified atom stereocenters. The van der Waals surface area contributed by atoms with Gasteiger partial charge in [0.15, 0.2) is 5.78 Å². The molecule has 82 valence electrons. The van der Waals surface area contributed by atoms with E-state index in [1.165, 1.54) is 30.6 Å². The van der Waals surface area contributed by atoms with Crippen molar-refractivity contribution in [3.8, 4) is 0 Å². The highest BCUT2D eigenvalue weighted by molar-refractivity contribution is 7.10. The Bertz CT molecular complexity index is 332. The summed E-state index contributed by atoms with van der Waals surface area (Å²) in [6.07, 6.45) is 7.30. The average molecular weight is 222 g/mol. The normalized spacial score (nSPS) is 18.7. The Kier molecular flexibility index (Phi) is 3.57. The Morgan fingerprint density at radius 1 is 1.27 bits per heavy atom. The molecule has 0 N–H and O–H groups in total. The molecule has 0 aromatic carbocycles. The number of Topliss-reactive ketones (excluding diaryl/α,β-unsaturated/α-hetero) is 1. The molecule has 1 nitrogen and oxygen atoms in total. The Labute approximate surface area is 95.5 Å². The van der Waals surface area contributed by atoms with E-state index in [0.29, 0.717) is 11.7 Å². The van der Waals surface area contributed by atoms with Crippen LogP contribution in [0.1, 0.15) is 53.8 Å². The van der Waals surface area contributed by atoms with Crippen molar-refractivity contribution in [3.63, 3.8) is 0 Å². The zero-order valence-electron chi connectivity index (χ0n) is 9.29. The summed E-state index contributed by atoms with van der Waals surface area (Å²) >= 11 is 1.68. The van der Waals surface area contributed by atoms with Gasteiger partial charge in [-0.15, -0.1) is 11.3 Å². The van der Waals surface area contributed by atoms with Gasteiger partial charge < -0.3 is 0 Å². The van der Waals surface area contributed by atoms with Crippen LogP contribution >= 0.6 is 11.3 Å². The predicted octanol–water partition coefficient (Wildman–Crippen LogP) is 4.21. The first-order valence-corrected chi connectivity index (χ1v) is 6.74. The van der Waals surface area contributed by atoms with E-state index in [4.69, 9.17) is 0 Å². The lowest BCUT2D eigenvalue weighted by Gasteiger charge is -2.10. The molecule has 0 aliphatic heterocycles. The van der Waals surface area contributed by atoms with E-state index in [1.54, 1.807) is 11.3 Å². The molecule has 1 fully saturated rings. The highest BCUT2D eigenvalue weighted by Crippen LogP contribution is 2.27. The number of thiophene rings is 1. The third-order valence-corrected chi connectivity index (χ3v) is 4.10. The second kappa shape index (κ2) is 4.93. The summed E-state index contributed by atoms with van der Waals surface area (Å²) in [6, 6.07) is 2.04. The van der Waals surface area contributed by atoms with E-state index >= 15 is 0 Å². The van der Waals surface area contributed by atoms with Crippen molar-refractivity contribution in [1.29, 1.82) is 0 Å². The van der Waals surface area contributed by atoms with E-state index in [-0.39, 0.29) is 0 Å². The molecule has 1 aromatic rings. The van der Waals surface area contributed by atoms with Crippen LogP contribution < -0.4 is 0 Å². The lowest BCUT2D eigenvalue weighted by atomic mass is 9.92. The summed E-state index contributed by atoms with van der Waals surface area (Å²) in [7, 11) is 0. The molecule has 0 saturated heterocycles. The number of hydrogen-bond donors (Lipinski definition) is 0. The van der Waals surface area contributed by atoms with Crippen LogP contribution in [0.3, 0.4) is 0 Å². The quantitative estimate of drug-likeness (QED) is 0.541. The highest BCUT2D eigenvalue weighted by Gasteiger charge is 2.21. The number of hydrogen-bond acceptors (Lipinski definition) is 2. The van der Waals surface area contributed by atoms with Crippen LogP contribution in [0.15, 0.2) is 11.4 Å². The van der Waals surface area contributed by atoms with Crippen LogP contribution in [-0.2, 0) is 0 Å². The SMILES string of the molecule is Cc1cc(C(=O)C2CCCCCC2)cs1. The molecular formula is C13H18OS. The molecule has 0 spiro atoms. The molecule has 1 aliphatic rings. The first-order chi connectivity index (χ1) is 7.27. The van der Waals surface area contributed by atoms with Gasteiger partial charge in [0, 0.05) is 21.7 Å². The van der Waals surface area contributed by atoms with Crippen LogP contribution in [0.2, 0.25) is 0 Å². The Hall–Kier alpha value is -0.630. The number of carbonyl (C=O) groups is 1. The maximum Gasteiger partial charge on any atom is 0.166 e. The molecule has 1 heterocycles. The fourth-order valence-corrected chi connectivity index (χ4v) is 3.04. The summed E-state index contributed by atoms with van der Waals surface area (Å²) in [4.78, 5) is 13.4. The van der Waals surface area contributed by atoms with Gasteiger partial charge in [0.1, 0.15) is 0 Å². The van der Waals surface area contributed by atoms with Gasteiger partial charge in [-0.25, -0.2) is 0 Å². The van der Waals surface area contributed by atoms with E-state index < -0.39 is 0 Å². The smallest absolute Gasteiger partial charge is 0.166 e. The Balaban J connectivity index is 2.06. The van der Waals surface area contributed by atoms with Crippen molar-refractivity contribution in [2.75, 3.05) is 0 Å². The molecule has 2 rings (SSSR count). The standard InChI is InChI=1S/C13H18OS/c1-10-8-12(9-15-10)13(14)11-6-4-2-3-5-7-11/h8-9,11H,2-7H2,1H3.